The first-order valence-corrected chi connectivity index (χ1v) is 6.31. The van der Waals surface area contributed by atoms with Crippen LogP contribution in [0, 0.1) is 0 Å². The lowest BCUT2D eigenvalue weighted by molar-refractivity contribution is 0.153. The fourth-order valence-corrected chi connectivity index (χ4v) is 2.32. The summed E-state index contributed by atoms with van der Waals surface area (Å²) in [6.07, 6.45) is 4.59. The van der Waals surface area contributed by atoms with E-state index in [0.29, 0.717) is 19.5 Å². The Balaban J connectivity index is 2.04. The van der Waals surface area contributed by atoms with Gasteiger partial charge in [0.2, 0.25) is 0 Å². The molecule has 2 atom stereocenters. The number of nitrogens with zero attached hydrogens (tertiary/aromatic N) is 4. The smallest absolute Gasteiger partial charge is 0.0683 e. The van der Waals surface area contributed by atoms with Crippen LogP contribution in [0.1, 0.15) is 32.1 Å². The van der Waals surface area contributed by atoms with Gasteiger partial charge in [-0.3, -0.25) is 4.90 Å². The summed E-state index contributed by atoms with van der Waals surface area (Å²) in [5.41, 5.74) is 8.10. The van der Waals surface area contributed by atoms with Crippen LogP contribution in [0.4, 0.5) is 0 Å². The molecule has 0 unspecified atom stereocenters. The summed E-state index contributed by atoms with van der Waals surface area (Å²) in [7, 11) is 0. The molecule has 0 aromatic rings. The predicted molar refractivity (Wildman–Crippen MR) is 65.6 cm³/mol. The van der Waals surface area contributed by atoms with E-state index in [0.717, 1.165) is 32.2 Å². The fourth-order valence-electron chi connectivity index (χ4n) is 2.32. The van der Waals surface area contributed by atoms with Gasteiger partial charge in [-0.25, -0.2) is 0 Å². The van der Waals surface area contributed by atoms with Gasteiger partial charge in [-0.15, -0.1) is 0 Å². The Labute approximate surface area is 102 Å². The minimum atomic E-state index is -0.280. The summed E-state index contributed by atoms with van der Waals surface area (Å²) in [6, 6.07) is 0.133. The predicted octanol–water partition coefficient (Wildman–Crippen LogP) is 1.28. The van der Waals surface area contributed by atoms with E-state index in [-0.39, 0.29) is 18.8 Å². The second-order valence-corrected chi connectivity index (χ2v) is 4.59. The van der Waals surface area contributed by atoms with Crippen LogP contribution in [0.2, 0.25) is 0 Å². The topological polar surface area (TPSA) is 92.5 Å². The third kappa shape index (κ3) is 5.37. The van der Waals surface area contributed by atoms with E-state index in [9.17, 15) is 5.11 Å². The molecule has 1 heterocycles. The molecule has 1 rings (SSSR count). The molecule has 0 spiro atoms. The summed E-state index contributed by atoms with van der Waals surface area (Å²) >= 11 is 0. The van der Waals surface area contributed by atoms with E-state index in [2.05, 4.69) is 14.9 Å². The van der Waals surface area contributed by atoms with Gasteiger partial charge in [0.25, 0.3) is 0 Å². The van der Waals surface area contributed by atoms with E-state index < -0.39 is 0 Å². The average Bonchev–Trinajstić information content (AvgIpc) is 2.68. The van der Waals surface area contributed by atoms with Crippen molar-refractivity contribution < 1.29 is 10.2 Å². The third-order valence-electron chi connectivity index (χ3n) is 3.23. The minimum absolute atomic E-state index is 0.133. The number of likely N-dealkylation sites (tertiary alicyclic amines) is 1. The number of hydrogen-bond donors (Lipinski definition) is 2. The van der Waals surface area contributed by atoms with Gasteiger partial charge in [0.1, 0.15) is 0 Å². The van der Waals surface area contributed by atoms with Crippen molar-refractivity contribution in [3.63, 3.8) is 0 Å². The molecule has 1 saturated heterocycles. The zero-order valence-corrected chi connectivity index (χ0v) is 10.2. The number of hydrogen-bond acceptors (Lipinski definition) is 4. The van der Waals surface area contributed by atoms with Crippen molar-refractivity contribution in [2.24, 2.45) is 5.11 Å². The van der Waals surface area contributed by atoms with Crippen molar-refractivity contribution in [1.82, 2.24) is 4.90 Å². The van der Waals surface area contributed by atoms with Gasteiger partial charge in [0, 0.05) is 24.0 Å². The van der Waals surface area contributed by atoms with E-state index in [4.69, 9.17) is 10.6 Å². The van der Waals surface area contributed by atoms with Crippen LogP contribution in [0.5, 0.6) is 0 Å². The molecular formula is C11H22N4O2. The van der Waals surface area contributed by atoms with Crippen LogP contribution in [0.15, 0.2) is 5.11 Å². The molecule has 6 heteroatoms. The molecule has 6 nitrogen and oxygen atoms in total. The number of azide groups is 1. The monoisotopic (exact) mass is 242 g/mol. The molecule has 1 fully saturated rings. The van der Waals surface area contributed by atoms with E-state index in [1.165, 1.54) is 0 Å². The van der Waals surface area contributed by atoms with Gasteiger partial charge in [0.05, 0.1) is 12.7 Å². The molecule has 0 bridgehead atoms. The molecular weight excluding hydrogens is 220 g/mol. The highest BCUT2D eigenvalue weighted by Crippen LogP contribution is 2.18. The molecule has 0 saturated carbocycles. The van der Waals surface area contributed by atoms with Crippen LogP contribution in [0.3, 0.4) is 0 Å². The highest BCUT2D eigenvalue weighted by molar-refractivity contribution is 4.84. The molecule has 1 aliphatic rings. The summed E-state index contributed by atoms with van der Waals surface area (Å²) in [5, 5.41) is 22.1. The number of aliphatic hydroxyl groups excluding tert-OH is 2. The minimum Gasteiger partial charge on any atom is -0.395 e. The lowest BCUT2D eigenvalue weighted by atomic mass is 10.1. The second-order valence-electron chi connectivity index (χ2n) is 4.59. The van der Waals surface area contributed by atoms with Crippen LogP contribution in [-0.2, 0) is 0 Å². The van der Waals surface area contributed by atoms with Gasteiger partial charge < -0.3 is 10.2 Å². The largest absolute Gasteiger partial charge is 0.395 e. The lowest BCUT2D eigenvalue weighted by Crippen LogP contribution is -2.33. The number of aliphatic hydroxyl groups is 2. The second kappa shape index (κ2) is 8.31. The van der Waals surface area contributed by atoms with E-state index in [1.807, 2.05) is 0 Å². The summed E-state index contributed by atoms with van der Waals surface area (Å²) in [6.45, 7) is 2.33. The van der Waals surface area contributed by atoms with Crippen molar-refractivity contribution in [3.8, 4) is 0 Å². The number of rotatable bonds is 8. The number of β-amino-alcohol motifs (C(OH)–C–C–N with tert-alkyl or cyclic N) is 1. The lowest BCUT2D eigenvalue weighted by Gasteiger charge is -2.21. The van der Waals surface area contributed by atoms with Crippen LogP contribution >= 0.6 is 0 Å². The zero-order valence-electron chi connectivity index (χ0n) is 10.2. The molecule has 2 N–H and O–H groups in total. The molecule has 17 heavy (non-hydrogen) atoms. The van der Waals surface area contributed by atoms with E-state index >= 15 is 0 Å². The third-order valence-corrected chi connectivity index (χ3v) is 3.23. The maximum atomic E-state index is 9.50. The highest BCUT2D eigenvalue weighted by atomic mass is 16.3. The molecule has 1 aliphatic heterocycles. The maximum absolute atomic E-state index is 9.50. The van der Waals surface area contributed by atoms with Crippen molar-refractivity contribution in [2.75, 3.05) is 26.2 Å². The van der Waals surface area contributed by atoms with Crippen molar-refractivity contribution >= 4 is 0 Å². The molecule has 0 aromatic carbocycles. The Morgan fingerprint density at radius 3 is 2.76 bits per heavy atom. The van der Waals surface area contributed by atoms with Crippen molar-refractivity contribution in [3.05, 3.63) is 10.4 Å². The van der Waals surface area contributed by atoms with Gasteiger partial charge in [-0.1, -0.05) is 18.0 Å². The van der Waals surface area contributed by atoms with Gasteiger partial charge >= 0.3 is 0 Å². The van der Waals surface area contributed by atoms with Crippen molar-refractivity contribution in [1.29, 1.82) is 0 Å². The number of unbranched alkanes of at least 4 members (excludes halogenated alkanes) is 3. The molecule has 0 aromatic heterocycles. The Bertz CT molecular complexity index is 256. The molecule has 0 amide bonds. The SMILES string of the molecule is [N-]=[N+]=NCCCCCCN1C[C@@H](O)C[C@H]1CO. The standard InChI is InChI=1S/C11H22N4O2/c12-14-13-5-3-1-2-4-6-15-8-11(17)7-10(15)9-16/h10-11,16-17H,1-9H2/t10-,11-/m0/s1. The Kier molecular flexibility index (Phi) is 6.96. The fraction of sp³-hybridized carbons (Fsp3) is 1.00. The van der Waals surface area contributed by atoms with Crippen molar-refractivity contribution in [2.45, 2.75) is 44.2 Å². The van der Waals surface area contributed by atoms with E-state index in [1.54, 1.807) is 0 Å². The molecule has 0 radical (unpaired) electrons. The summed E-state index contributed by atoms with van der Waals surface area (Å²) in [5.74, 6) is 0. The Hall–Kier alpha value is -0.810. The van der Waals surface area contributed by atoms with Gasteiger partial charge in [0.15, 0.2) is 0 Å². The van der Waals surface area contributed by atoms with Crippen LogP contribution in [-0.4, -0.2) is 53.5 Å². The Morgan fingerprint density at radius 2 is 2.06 bits per heavy atom. The average molecular weight is 242 g/mol. The van der Waals surface area contributed by atoms with Crippen LogP contribution in [0.25, 0.3) is 10.4 Å². The molecule has 98 valence electrons. The van der Waals surface area contributed by atoms with Gasteiger partial charge in [-0.05, 0) is 31.3 Å². The quantitative estimate of drug-likeness (QED) is 0.291. The highest BCUT2D eigenvalue weighted by Gasteiger charge is 2.29. The first-order chi connectivity index (χ1) is 8.27. The first kappa shape index (κ1) is 14.3. The summed E-state index contributed by atoms with van der Waals surface area (Å²) in [4.78, 5) is 4.87. The molecule has 0 aliphatic carbocycles. The summed E-state index contributed by atoms with van der Waals surface area (Å²) < 4.78 is 0. The van der Waals surface area contributed by atoms with Crippen LogP contribution < -0.4 is 0 Å². The normalized spacial score (nSPS) is 24.8. The zero-order chi connectivity index (χ0) is 12.5. The maximum Gasteiger partial charge on any atom is 0.0683 e. The first-order valence-electron chi connectivity index (χ1n) is 6.31. The Morgan fingerprint density at radius 1 is 1.29 bits per heavy atom. The van der Waals surface area contributed by atoms with Gasteiger partial charge in [-0.2, -0.15) is 0 Å².